The van der Waals surface area contributed by atoms with E-state index in [1.165, 1.54) is 38.5 Å². The molecular formula is C15H32O4S. The second kappa shape index (κ2) is 12.6. The average Bonchev–Trinajstić information content (AvgIpc) is 2.37. The van der Waals surface area contributed by atoms with Gasteiger partial charge in [-0.1, -0.05) is 78.1 Å². The van der Waals surface area contributed by atoms with Crippen LogP contribution in [-0.2, 0) is 14.6 Å². The molecule has 0 saturated carbocycles. The van der Waals surface area contributed by atoms with Crippen LogP contribution >= 0.6 is 0 Å². The molecule has 0 bridgehead atoms. The highest BCUT2D eigenvalue weighted by Gasteiger charge is 2.16. The van der Waals surface area contributed by atoms with Crippen molar-refractivity contribution in [2.75, 3.05) is 0 Å². The highest BCUT2D eigenvalue weighted by Crippen LogP contribution is 2.16. The molecule has 0 fully saturated rings. The molecular weight excluding hydrogens is 276 g/mol. The minimum absolute atomic E-state index is 0.356. The molecule has 0 aromatic carbocycles. The summed E-state index contributed by atoms with van der Waals surface area (Å²) >= 11 is 0. The third-order valence-corrected chi connectivity index (χ3v) is 4.03. The van der Waals surface area contributed by atoms with Crippen LogP contribution in [0.25, 0.3) is 0 Å². The van der Waals surface area contributed by atoms with E-state index in [0.717, 1.165) is 32.1 Å². The third kappa shape index (κ3) is 14.3. The zero-order chi connectivity index (χ0) is 15.3. The first-order chi connectivity index (χ1) is 9.49. The van der Waals surface area contributed by atoms with Crippen molar-refractivity contribution in [3.8, 4) is 0 Å². The summed E-state index contributed by atoms with van der Waals surface area (Å²) in [4.78, 5) is 0. The predicted octanol–water partition coefficient (Wildman–Crippen LogP) is 4.90. The van der Waals surface area contributed by atoms with Gasteiger partial charge in [0.05, 0.1) is 6.10 Å². The van der Waals surface area contributed by atoms with Gasteiger partial charge in [-0.15, -0.1) is 0 Å². The van der Waals surface area contributed by atoms with Crippen molar-refractivity contribution in [2.24, 2.45) is 0 Å². The van der Waals surface area contributed by atoms with Crippen LogP contribution in [0.15, 0.2) is 0 Å². The summed E-state index contributed by atoms with van der Waals surface area (Å²) in [7, 11) is -4.31. The largest absolute Gasteiger partial charge is 0.397 e. The molecule has 0 saturated heterocycles. The fraction of sp³-hybridized carbons (Fsp3) is 1.00. The molecule has 0 aliphatic rings. The van der Waals surface area contributed by atoms with Crippen LogP contribution in [0, 0.1) is 0 Å². The number of rotatable bonds is 14. The lowest BCUT2D eigenvalue weighted by Crippen LogP contribution is -2.18. The Kier molecular flexibility index (Phi) is 12.5. The van der Waals surface area contributed by atoms with E-state index in [1.807, 2.05) is 0 Å². The summed E-state index contributed by atoms with van der Waals surface area (Å²) in [6.07, 6.45) is 12.8. The molecule has 4 nitrogen and oxygen atoms in total. The molecule has 1 atom stereocenters. The second-order valence-corrected chi connectivity index (χ2v) is 6.60. The second-order valence-electron chi connectivity index (χ2n) is 5.55. The van der Waals surface area contributed by atoms with Crippen molar-refractivity contribution in [2.45, 2.75) is 97.0 Å². The molecule has 0 aliphatic carbocycles. The normalized spacial score (nSPS) is 13.6. The topological polar surface area (TPSA) is 63.6 Å². The molecule has 1 unspecified atom stereocenters. The van der Waals surface area contributed by atoms with Crippen LogP contribution in [0.1, 0.15) is 90.9 Å². The molecule has 0 amide bonds. The van der Waals surface area contributed by atoms with Crippen molar-refractivity contribution in [3.63, 3.8) is 0 Å². The lowest BCUT2D eigenvalue weighted by atomic mass is 10.0. The van der Waals surface area contributed by atoms with E-state index in [-0.39, 0.29) is 6.10 Å². The summed E-state index contributed by atoms with van der Waals surface area (Å²) in [6, 6.07) is 0. The fourth-order valence-corrected chi connectivity index (χ4v) is 2.89. The Labute approximate surface area is 125 Å². The standard InChI is InChI=1S/C15H32O4S/c1-3-5-7-8-9-10-11-12-14-15(13-6-4-2)19-20(16,17)18/h15H,3-14H2,1-2H3,(H,16,17,18). The SMILES string of the molecule is CCCCCCCCCCC(CCCC)OS(=O)(=O)O. The fourth-order valence-electron chi connectivity index (χ4n) is 2.35. The zero-order valence-electron chi connectivity index (χ0n) is 13.1. The smallest absolute Gasteiger partial charge is 0.264 e. The van der Waals surface area contributed by atoms with E-state index in [0.29, 0.717) is 6.42 Å². The highest BCUT2D eigenvalue weighted by atomic mass is 32.3. The third-order valence-electron chi connectivity index (χ3n) is 3.52. The first-order valence-corrected chi connectivity index (χ1v) is 9.51. The van der Waals surface area contributed by atoms with Gasteiger partial charge in [-0.25, -0.2) is 4.18 Å². The molecule has 0 aromatic rings. The van der Waals surface area contributed by atoms with Crippen LogP contribution in [0.4, 0.5) is 0 Å². The van der Waals surface area contributed by atoms with Crippen LogP contribution in [0.3, 0.4) is 0 Å². The maximum absolute atomic E-state index is 10.8. The maximum atomic E-state index is 10.8. The van der Waals surface area contributed by atoms with Crippen molar-refractivity contribution in [3.05, 3.63) is 0 Å². The summed E-state index contributed by atoms with van der Waals surface area (Å²) in [5.41, 5.74) is 0. The highest BCUT2D eigenvalue weighted by molar-refractivity contribution is 7.80. The quantitative estimate of drug-likeness (QED) is 0.366. The van der Waals surface area contributed by atoms with Crippen molar-refractivity contribution >= 4 is 10.4 Å². The van der Waals surface area contributed by atoms with Crippen LogP contribution in [0.2, 0.25) is 0 Å². The first kappa shape index (κ1) is 19.9. The molecule has 0 heterocycles. The Morgan fingerprint density at radius 2 is 1.25 bits per heavy atom. The van der Waals surface area contributed by atoms with Gasteiger partial charge in [-0.05, 0) is 12.8 Å². The van der Waals surface area contributed by atoms with Crippen LogP contribution in [0.5, 0.6) is 0 Å². The summed E-state index contributed by atoms with van der Waals surface area (Å²) < 4.78 is 35.0. The molecule has 0 aromatic heterocycles. The van der Waals surface area contributed by atoms with E-state index in [9.17, 15) is 8.42 Å². The van der Waals surface area contributed by atoms with E-state index in [4.69, 9.17) is 8.74 Å². The molecule has 0 radical (unpaired) electrons. The summed E-state index contributed by atoms with van der Waals surface area (Å²) in [6.45, 7) is 4.27. The minimum Gasteiger partial charge on any atom is -0.264 e. The van der Waals surface area contributed by atoms with Gasteiger partial charge in [0.1, 0.15) is 0 Å². The Morgan fingerprint density at radius 3 is 1.75 bits per heavy atom. The molecule has 1 N–H and O–H groups in total. The number of hydrogen-bond acceptors (Lipinski definition) is 3. The number of hydrogen-bond donors (Lipinski definition) is 1. The van der Waals surface area contributed by atoms with Gasteiger partial charge in [0.25, 0.3) is 0 Å². The first-order valence-electron chi connectivity index (χ1n) is 8.15. The van der Waals surface area contributed by atoms with Crippen LogP contribution < -0.4 is 0 Å². The molecule has 0 spiro atoms. The van der Waals surface area contributed by atoms with Gasteiger partial charge >= 0.3 is 10.4 Å². The summed E-state index contributed by atoms with van der Waals surface area (Å²) in [5.74, 6) is 0. The van der Waals surface area contributed by atoms with Crippen molar-refractivity contribution in [1.82, 2.24) is 0 Å². The maximum Gasteiger partial charge on any atom is 0.397 e. The molecule has 5 heteroatoms. The van der Waals surface area contributed by atoms with Gasteiger partial charge in [0.15, 0.2) is 0 Å². The van der Waals surface area contributed by atoms with Gasteiger partial charge in [-0.2, -0.15) is 8.42 Å². The zero-order valence-corrected chi connectivity index (χ0v) is 14.0. The lowest BCUT2D eigenvalue weighted by Gasteiger charge is -2.14. The van der Waals surface area contributed by atoms with Gasteiger partial charge in [-0.3, -0.25) is 4.55 Å². The van der Waals surface area contributed by atoms with E-state index in [1.54, 1.807) is 0 Å². The van der Waals surface area contributed by atoms with E-state index < -0.39 is 10.4 Å². The van der Waals surface area contributed by atoms with Gasteiger partial charge < -0.3 is 0 Å². The van der Waals surface area contributed by atoms with Crippen molar-refractivity contribution in [1.29, 1.82) is 0 Å². The monoisotopic (exact) mass is 308 g/mol. The number of unbranched alkanes of at least 4 members (excludes halogenated alkanes) is 8. The minimum atomic E-state index is -4.31. The molecule has 20 heavy (non-hydrogen) atoms. The Hall–Kier alpha value is -0.130. The Balaban J connectivity index is 3.68. The molecule has 122 valence electrons. The van der Waals surface area contributed by atoms with Crippen LogP contribution in [-0.4, -0.2) is 19.1 Å². The molecule has 0 aliphatic heterocycles. The summed E-state index contributed by atoms with van der Waals surface area (Å²) in [5, 5.41) is 0. The van der Waals surface area contributed by atoms with Gasteiger partial charge in [0.2, 0.25) is 0 Å². The predicted molar refractivity (Wildman–Crippen MR) is 83.2 cm³/mol. The average molecular weight is 308 g/mol. The Morgan fingerprint density at radius 1 is 0.800 bits per heavy atom. The van der Waals surface area contributed by atoms with E-state index in [2.05, 4.69) is 13.8 Å². The van der Waals surface area contributed by atoms with Crippen molar-refractivity contribution < 1.29 is 17.2 Å². The molecule has 0 rings (SSSR count). The Bertz CT molecular complexity index is 301. The van der Waals surface area contributed by atoms with E-state index >= 15 is 0 Å². The van der Waals surface area contributed by atoms with Gasteiger partial charge in [0, 0.05) is 0 Å². The lowest BCUT2D eigenvalue weighted by molar-refractivity contribution is 0.158.